The lowest BCUT2D eigenvalue weighted by molar-refractivity contribution is 0.228. The van der Waals surface area contributed by atoms with Gasteiger partial charge in [0.15, 0.2) is 18.1 Å². The van der Waals surface area contributed by atoms with Gasteiger partial charge in [0.2, 0.25) is 0 Å². The largest absolute Gasteiger partial charge is 0.424 e. The molecule has 2 nitrogen and oxygen atoms in total. The molecule has 0 heterocycles. The molecule has 94 valence electrons. The second kappa shape index (κ2) is 6.74. The summed E-state index contributed by atoms with van der Waals surface area (Å²) in [7, 11) is -1.56. The quantitative estimate of drug-likeness (QED) is 0.538. The Morgan fingerprint density at radius 2 is 1.69 bits per heavy atom. The van der Waals surface area contributed by atoms with Gasteiger partial charge < -0.3 is 8.85 Å². The van der Waals surface area contributed by atoms with Gasteiger partial charge in [-0.15, -0.1) is 0 Å². The highest BCUT2D eigenvalue weighted by Crippen LogP contribution is 2.23. The SMILES string of the molecule is C[SiH2]OC[C@H]1C=C[C@@H](CO[Si](C)(C)C)CC1. The van der Waals surface area contributed by atoms with Crippen LogP contribution < -0.4 is 0 Å². The van der Waals surface area contributed by atoms with Crippen LogP contribution in [0.1, 0.15) is 12.8 Å². The van der Waals surface area contributed by atoms with Crippen molar-refractivity contribution >= 4 is 18.1 Å². The first-order chi connectivity index (χ1) is 7.51. The Balaban J connectivity index is 2.24. The van der Waals surface area contributed by atoms with Gasteiger partial charge in [-0.25, -0.2) is 0 Å². The van der Waals surface area contributed by atoms with Gasteiger partial charge in [-0.2, -0.15) is 0 Å². The third-order valence-corrected chi connectivity index (χ3v) is 4.51. The zero-order valence-corrected chi connectivity index (χ0v) is 13.6. The topological polar surface area (TPSA) is 18.5 Å². The zero-order valence-electron chi connectivity index (χ0n) is 11.2. The van der Waals surface area contributed by atoms with Crippen LogP contribution in [0.4, 0.5) is 0 Å². The number of rotatable bonds is 6. The predicted molar refractivity (Wildman–Crippen MR) is 75.0 cm³/mol. The first-order valence-electron chi connectivity index (χ1n) is 6.41. The standard InChI is InChI=1S/C12H26O2Si2/c1-15-13-9-11-5-7-12(8-6-11)10-14-16(2,3)4/h5,7,11-12H,6,8-10,15H2,1-4H3/t11-,12+/m0/s1. The molecule has 1 rings (SSSR count). The van der Waals surface area contributed by atoms with Gasteiger partial charge in [-0.3, -0.25) is 0 Å². The maximum absolute atomic E-state index is 5.95. The van der Waals surface area contributed by atoms with E-state index in [1.54, 1.807) is 0 Å². The molecule has 4 heteroatoms. The van der Waals surface area contributed by atoms with E-state index in [0.29, 0.717) is 11.8 Å². The fourth-order valence-electron chi connectivity index (χ4n) is 1.84. The monoisotopic (exact) mass is 258 g/mol. The molecule has 0 aromatic rings. The van der Waals surface area contributed by atoms with E-state index in [0.717, 1.165) is 13.2 Å². The fourth-order valence-corrected chi connectivity index (χ4v) is 3.09. The lowest BCUT2D eigenvalue weighted by Gasteiger charge is -2.26. The lowest BCUT2D eigenvalue weighted by Crippen LogP contribution is -2.29. The maximum Gasteiger partial charge on any atom is 0.183 e. The van der Waals surface area contributed by atoms with Crippen LogP contribution in [-0.2, 0) is 8.85 Å². The molecule has 0 saturated carbocycles. The molecule has 0 saturated heterocycles. The van der Waals surface area contributed by atoms with Crippen molar-refractivity contribution in [1.82, 2.24) is 0 Å². The third kappa shape index (κ3) is 5.98. The molecular weight excluding hydrogens is 232 g/mol. The molecule has 1 aliphatic rings. The second-order valence-electron chi connectivity index (χ2n) is 5.57. The van der Waals surface area contributed by atoms with E-state index in [-0.39, 0.29) is 9.76 Å². The third-order valence-electron chi connectivity index (χ3n) is 2.83. The Kier molecular flexibility index (Phi) is 5.96. The van der Waals surface area contributed by atoms with E-state index in [1.807, 2.05) is 0 Å². The van der Waals surface area contributed by atoms with Crippen molar-refractivity contribution in [1.29, 1.82) is 0 Å². The number of hydrogen-bond donors (Lipinski definition) is 0. The Morgan fingerprint density at radius 3 is 2.12 bits per heavy atom. The second-order valence-corrected chi connectivity index (χ2v) is 11.1. The molecule has 0 fully saturated rings. The van der Waals surface area contributed by atoms with Gasteiger partial charge in [0, 0.05) is 13.2 Å². The molecule has 0 spiro atoms. The van der Waals surface area contributed by atoms with Crippen molar-refractivity contribution in [3.8, 4) is 0 Å². The summed E-state index contributed by atoms with van der Waals surface area (Å²) in [6.45, 7) is 10.8. The van der Waals surface area contributed by atoms with E-state index in [4.69, 9.17) is 8.85 Å². The van der Waals surface area contributed by atoms with Gasteiger partial charge >= 0.3 is 0 Å². The summed E-state index contributed by atoms with van der Waals surface area (Å²) in [4.78, 5) is 0. The molecule has 0 radical (unpaired) electrons. The molecule has 0 aliphatic heterocycles. The summed E-state index contributed by atoms with van der Waals surface area (Å²) in [6.07, 6.45) is 7.21. The highest BCUT2D eigenvalue weighted by Gasteiger charge is 2.19. The molecule has 1 aliphatic carbocycles. The summed E-state index contributed by atoms with van der Waals surface area (Å²) < 4.78 is 11.5. The average molecular weight is 259 g/mol. The van der Waals surface area contributed by atoms with Crippen LogP contribution in [0.3, 0.4) is 0 Å². The smallest absolute Gasteiger partial charge is 0.183 e. The number of hydrogen-bond acceptors (Lipinski definition) is 2. The average Bonchev–Trinajstić information content (AvgIpc) is 2.24. The van der Waals surface area contributed by atoms with E-state index in [1.165, 1.54) is 12.8 Å². The molecule has 0 aromatic carbocycles. The van der Waals surface area contributed by atoms with Gasteiger partial charge in [0.25, 0.3) is 0 Å². The molecule has 0 unspecified atom stereocenters. The van der Waals surface area contributed by atoms with Gasteiger partial charge in [-0.1, -0.05) is 18.7 Å². The van der Waals surface area contributed by atoms with E-state index in [9.17, 15) is 0 Å². The van der Waals surface area contributed by atoms with Crippen LogP contribution in [0.25, 0.3) is 0 Å². The molecular formula is C12H26O2Si2. The lowest BCUT2D eigenvalue weighted by atomic mass is 9.90. The Hall–Kier alpha value is 0.0938. The summed E-state index contributed by atoms with van der Waals surface area (Å²) in [6, 6.07) is 0. The molecule has 2 atom stereocenters. The Morgan fingerprint density at radius 1 is 1.12 bits per heavy atom. The molecule has 0 amide bonds. The molecule has 0 N–H and O–H groups in total. The first-order valence-corrected chi connectivity index (χ1v) is 11.8. The highest BCUT2D eigenvalue weighted by molar-refractivity contribution is 6.69. The Labute approximate surface area is 103 Å². The maximum atomic E-state index is 5.95. The van der Waals surface area contributed by atoms with Crippen LogP contribution in [0, 0.1) is 11.8 Å². The van der Waals surface area contributed by atoms with Crippen LogP contribution in [-0.4, -0.2) is 31.3 Å². The first kappa shape index (κ1) is 14.2. The van der Waals surface area contributed by atoms with Crippen molar-refractivity contribution in [2.75, 3.05) is 13.2 Å². The minimum Gasteiger partial charge on any atom is -0.424 e. The summed E-state index contributed by atoms with van der Waals surface area (Å²) in [5, 5.41) is 0. The van der Waals surface area contributed by atoms with Crippen molar-refractivity contribution in [2.45, 2.75) is 39.0 Å². The van der Waals surface area contributed by atoms with Crippen LogP contribution in [0.2, 0.25) is 26.2 Å². The minimum absolute atomic E-state index is 0.225. The van der Waals surface area contributed by atoms with Gasteiger partial charge in [-0.05, 0) is 44.3 Å². The van der Waals surface area contributed by atoms with Crippen molar-refractivity contribution in [3.05, 3.63) is 12.2 Å². The Bertz CT molecular complexity index is 224. The summed E-state index contributed by atoms with van der Waals surface area (Å²) in [5.74, 6) is 1.30. The van der Waals surface area contributed by atoms with E-state index in [2.05, 4.69) is 38.3 Å². The van der Waals surface area contributed by atoms with E-state index >= 15 is 0 Å². The molecule has 0 aromatic heterocycles. The fraction of sp³-hybridized carbons (Fsp3) is 0.833. The molecule has 16 heavy (non-hydrogen) atoms. The highest BCUT2D eigenvalue weighted by atomic mass is 28.4. The zero-order chi connectivity index (χ0) is 12.0. The van der Waals surface area contributed by atoms with E-state index < -0.39 is 8.32 Å². The van der Waals surface area contributed by atoms with Crippen molar-refractivity contribution in [2.24, 2.45) is 11.8 Å². The van der Waals surface area contributed by atoms with Crippen LogP contribution in [0.5, 0.6) is 0 Å². The van der Waals surface area contributed by atoms with Crippen molar-refractivity contribution in [3.63, 3.8) is 0 Å². The van der Waals surface area contributed by atoms with Crippen molar-refractivity contribution < 1.29 is 8.85 Å². The minimum atomic E-state index is -1.33. The predicted octanol–water partition coefficient (Wildman–Crippen LogP) is 2.57. The van der Waals surface area contributed by atoms with Gasteiger partial charge in [0.1, 0.15) is 0 Å². The summed E-state index contributed by atoms with van der Waals surface area (Å²) in [5.41, 5.74) is 0. The van der Waals surface area contributed by atoms with Gasteiger partial charge in [0.05, 0.1) is 0 Å². The van der Waals surface area contributed by atoms with Crippen LogP contribution in [0.15, 0.2) is 12.2 Å². The normalized spacial score (nSPS) is 26.8. The summed E-state index contributed by atoms with van der Waals surface area (Å²) >= 11 is 0. The molecule has 0 bridgehead atoms. The van der Waals surface area contributed by atoms with Crippen LogP contribution >= 0.6 is 0 Å².